The van der Waals surface area contributed by atoms with Crippen LogP contribution in [0.4, 0.5) is 5.69 Å². The van der Waals surface area contributed by atoms with E-state index in [1.807, 2.05) is 31.3 Å². The van der Waals surface area contributed by atoms with Crippen molar-refractivity contribution >= 4 is 26.9 Å². The number of anilines is 1. The number of benzene rings is 3. The fourth-order valence-electron chi connectivity index (χ4n) is 10.5. The first-order chi connectivity index (χ1) is 28.8. The smallest absolute Gasteiger partial charge is 0.186 e. The Labute approximate surface area is 349 Å². The predicted molar refractivity (Wildman–Crippen MR) is 243 cm³/mol. The summed E-state index contributed by atoms with van der Waals surface area (Å²) in [7, 11) is -1.71. The summed E-state index contributed by atoms with van der Waals surface area (Å²) in [6.45, 7) is 2.23. The molecule has 0 fully saturated rings. The molecule has 6 heteroatoms. The maximum atomic E-state index is 14.4. The second-order valence-electron chi connectivity index (χ2n) is 16.7. The van der Waals surface area contributed by atoms with Gasteiger partial charge in [-0.05, 0) is 83.9 Å². The highest BCUT2D eigenvalue weighted by molar-refractivity contribution is 7.92. The first kappa shape index (κ1) is 37.3. The van der Waals surface area contributed by atoms with Crippen molar-refractivity contribution < 1.29 is 8.42 Å². The third-order valence-electron chi connectivity index (χ3n) is 13.4. The van der Waals surface area contributed by atoms with E-state index < -0.39 is 20.5 Å². The van der Waals surface area contributed by atoms with Gasteiger partial charge < -0.3 is 10.2 Å². The molecule has 0 saturated carbocycles. The van der Waals surface area contributed by atoms with Gasteiger partial charge in [0.05, 0.1) is 27.9 Å². The highest BCUT2D eigenvalue weighted by Crippen LogP contribution is 2.53. The van der Waals surface area contributed by atoms with E-state index in [9.17, 15) is 8.42 Å². The van der Waals surface area contributed by atoms with Crippen LogP contribution in [-0.2, 0) is 15.3 Å². The molecule has 0 aromatic heterocycles. The number of sulfone groups is 1. The standard InChI is InChI=1S/C53H49N3O2S/c1-53(45-26-16-25-43-42-24-10-12-28-50(42)59(57,58)52(43)45)32-14-13-29-51(53)56-48-27-11-9-23-41(48)44-34-39(30-31-49(44)56)38-21-15-22-40(33-38)55-47(37-19-7-4-8-20-37)35-46(54-2)36-17-5-3-6-18-36/h3-5,7-17,19-33,35,39,41-42,48,50-51,55H,6,18,34H2,1-2H3/b47-35-,54-46?. The van der Waals surface area contributed by atoms with Gasteiger partial charge in [-0.1, -0.05) is 158 Å². The van der Waals surface area contributed by atoms with Crippen LogP contribution in [-0.4, -0.2) is 43.4 Å². The molecular weight excluding hydrogens is 743 g/mol. The minimum absolute atomic E-state index is 0.104. The number of nitrogens with zero attached hydrogens (tertiary/aromatic N) is 2. The number of allylic oxidation sites excluding steroid dienone is 14. The lowest BCUT2D eigenvalue weighted by molar-refractivity contribution is 0.202. The van der Waals surface area contributed by atoms with Crippen LogP contribution in [0.5, 0.6) is 0 Å². The Hall–Kier alpha value is -5.98. The maximum Gasteiger partial charge on any atom is 0.186 e. The number of hydrogen-bond donors (Lipinski definition) is 1. The third kappa shape index (κ3) is 6.36. The van der Waals surface area contributed by atoms with Gasteiger partial charge >= 0.3 is 0 Å². The summed E-state index contributed by atoms with van der Waals surface area (Å²) in [5, 5.41) is 3.23. The fourth-order valence-corrected chi connectivity index (χ4v) is 12.8. The topological polar surface area (TPSA) is 61.8 Å². The van der Waals surface area contributed by atoms with E-state index >= 15 is 0 Å². The van der Waals surface area contributed by atoms with Crippen molar-refractivity contribution in [1.29, 1.82) is 0 Å². The quantitative estimate of drug-likeness (QED) is 0.231. The average molecular weight is 792 g/mol. The van der Waals surface area contributed by atoms with E-state index in [2.05, 4.69) is 175 Å². The Morgan fingerprint density at radius 1 is 0.847 bits per heavy atom. The molecule has 7 atom stereocenters. The minimum atomic E-state index is -3.58. The second-order valence-corrected chi connectivity index (χ2v) is 18.8. The number of fused-ring (bicyclic) bond motifs is 5. The van der Waals surface area contributed by atoms with E-state index in [-0.39, 0.29) is 29.8 Å². The SMILES string of the molecule is CN=C(/C=C(\Nc1cccc(C2C=CC3=C(C2)C2C=CC=CC2N3C2C=CC=CC2(C)c2cccc3c2S(=O)(=O)C2C=CC=CC32)c1)c1ccccc1)C1=CC=CCC1. The summed E-state index contributed by atoms with van der Waals surface area (Å²) in [5.74, 6) is 0.264. The Morgan fingerprint density at radius 3 is 2.47 bits per heavy atom. The van der Waals surface area contributed by atoms with Crippen molar-refractivity contribution in [3.63, 3.8) is 0 Å². The molecule has 0 bridgehead atoms. The zero-order chi connectivity index (χ0) is 40.1. The average Bonchev–Trinajstić information content (AvgIpc) is 3.73. The molecule has 2 heterocycles. The van der Waals surface area contributed by atoms with E-state index in [0.717, 1.165) is 53.0 Å². The van der Waals surface area contributed by atoms with Gasteiger partial charge in [-0.15, -0.1) is 0 Å². The molecule has 7 unspecified atom stereocenters. The molecule has 10 rings (SSSR count). The molecule has 0 spiro atoms. The summed E-state index contributed by atoms with van der Waals surface area (Å²) >= 11 is 0. The summed E-state index contributed by atoms with van der Waals surface area (Å²) in [5.41, 5.74) is 10.5. The lowest BCUT2D eigenvalue weighted by Crippen LogP contribution is -2.51. The van der Waals surface area contributed by atoms with Crippen molar-refractivity contribution in [3.05, 3.63) is 221 Å². The minimum Gasteiger partial charge on any atom is -0.357 e. The number of aliphatic imine (C=N–C) groups is 1. The van der Waals surface area contributed by atoms with Crippen molar-refractivity contribution in [3.8, 4) is 0 Å². The molecule has 5 aliphatic carbocycles. The molecular formula is C53H49N3O2S. The summed E-state index contributed by atoms with van der Waals surface area (Å²) in [6.07, 6.45) is 41.9. The number of rotatable bonds is 8. The van der Waals surface area contributed by atoms with Gasteiger partial charge in [-0.2, -0.15) is 0 Å². The largest absolute Gasteiger partial charge is 0.357 e. The van der Waals surface area contributed by atoms with Crippen LogP contribution in [0.3, 0.4) is 0 Å². The molecule has 3 aromatic rings. The number of hydrogen-bond acceptors (Lipinski definition) is 5. The first-order valence-corrected chi connectivity index (χ1v) is 22.5. The van der Waals surface area contributed by atoms with E-state index in [1.54, 1.807) is 0 Å². The van der Waals surface area contributed by atoms with Crippen LogP contribution >= 0.6 is 0 Å². The van der Waals surface area contributed by atoms with Crippen LogP contribution in [0.2, 0.25) is 0 Å². The normalized spacial score (nSPS) is 29.7. The number of nitrogens with one attached hydrogen (secondary N) is 1. The lowest BCUT2D eigenvalue weighted by Gasteiger charge is -2.46. The summed E-state index contributed by atoms with van der Waals surface area (Å²) in [6, 6.07) is 25.5. The first-order valence-electron chi connectivity index (χ1n) is 20.9. The van der Waals surface area contributed by atoms with Crippen LogP contribution in [0.1, 0.15) is 60.3 Å². The molecule has 2 aliphatic heterocycles. The highest BCUT2D eigenvalue weighted by Gasteiger charge is 2.52. The summed E-state index contributed by atoms with van der Waals surface area (Å²) in [4.78, 5) is 7.81. The van der Waals surface area contributed by atoms with Gasteiger partial charge in [-0.3, -0.25) is 4.99 Å². The molecule has 0 radical (unpaired) electrons. The van der Waals surface area contributed by atoms with Crippen LogP contribution < -0.4 is 5.32 Å². The van der Waals surface area contributed by atoms with Crippen molar-refractivity contribution in [2.75, 3.05) is 12.4 Å². The van der Waals surface area contributed by atoms with E-state index in [1.165, 1.54) is 22.4 Å². The van der Waals surface area contributed by atoms with Gasteiger partial charge in [0.1, 0.15) is 0 Å². The Morgan fingerprint density at radius 2 is 1.64 bits per heavy atom. The monoisotopic (exact) mass is 791 g/mol. The molecule has 0 amide bonds. The second kappa shape index (κ2) is 15.0. The molecule has 7 aliphatic rings. The third-order valence-corrected chi connectivity index (χ3v) is 15.6. The van der Waals surface area contributed by atoms with Crippen molar-refractivity contribution in [2.24, 2.45) is 10.9 Å². The molecule has 294 valence electrons. The van der Waals surface area contributed by atoms with Crippen LogP contribution in [0.15, 0.2) is 209 Å². The van der Waals surface area contributed by atoms with Gasteiger partial charge in [0.15, 0.2) is 9.84 Å². The van der Waals surface area contributed by atoms with Gasteiger partial charge in [0, 0.05) is 47.3 Å². The lowest BCUT2D eigenvalue weighted by atomic mass is 9.71. The maximum absolute atomic E-state index is 14.4. The Balaban J connectivity index is 0.976. The molecule has 0 saturated heterocycles. The fraction of sp³-hybridized carbons (Fsp3) is 0.226. The Kier molecular flexibility index (Phi) is 9.48. The van der Waals surface area contributed by atoms with Crippen molar-refractivity contribution in [2.45, 2.75) is 65.7 Å². The molecule has 1 N–H and O–H groups in total. The zero-order valence-corrected chi connectivity index (χ0v) is 34.3. The van der Waals surface area contributed by atoms with Gasteiger partial charge in [-0.25, -0.2) is 8.42 Å². The summed E-state index contributed by atoms with van der Waals surface area (Å²) < 4.78 is 28.7. The zero-order valence-electron chi connectivity index (χ0n) is 33.5. The van der Waals surface area contributed by atoms with Crippen molar-refractivity contribution in [1.82, 2.24) is 4.90 Å². The van der Waals surface area contributed by atoms with Crippen LogP contribution in [0.25, 0.3) is 5.70 Å². The van der Waals surface area contributed by atoms with Crippen LogP contribution in [0, 0.1) is 5.92 Å². The Bertz CT molecular complexity index is 2700. The van der Waals surface area contributed by atoms with Gasteiger partial charge in [0.25, 0.3) is 0 Å². The molecule has 3 aromatic carbocycles. The van der Waals surface area contributed by atoms with E-state index in [0.29, 0.717) is 4.90 Å². The molecule has 59 heavy (non-hydrogen) atoms. The van der Waals surface area contributed by atoms with Gasteiger partial charge in [0.2, 0.25) is 0 Å². The highest BCUT2D eigenvalue weighted by atomic mass is 32.2. The molecule has 5 nitrogen and oxygen atoms in total. The van der Waals surface area contributed by atoms with E-state index in [4.69, 9.17) is 4.99 Å². The predicted octanol–water partition coefficient (Wildman–Crippen LogP) is 11.0.